The second-order valence-electron chi connectivity index (χ2n) is 2.51. The predicted molar refractivity (Wildman–Crippen MR) is 54.0 cm³/mol. The van der Waals surface area contributed by atoms with E-state index in [1.54, 1.807) is 0 Å². The summed E-state index contributed by atoms with van der Waals surface area (Å²) in [5, 5.41) is 3.56. The monoisotopic (exact) mass is 211 g/mol. The topological polar surface area (TPSA) is 84.6 Å². The summed E-state index contributed by atoms with van der Waals surface area (Å²) in [5.74, 6) is -1.97. The highest BCUT2D eigenvalue weighted by molar-refractivity contribution is 7.13. The van der Waals surface area contributed by atoms with Crippen molar-refractivity contribution in [2.24, 2.45) is 10.8 Å². The second-order valence-corrected chi connectivity index (χ2v) is 3.83. The van der Waals surface area contributed by atoms with Crippen LogP contribution >= 0.6 is 11.3 Å². The highest BCUT2D eigenvalue weighted by Gasteiger charge is 2.05. The first-order valence-corrected chi connectivity index (χ1v) is 4.60. The van der Waals surface area contributed by atoms with E-state index in [2.05, 4.69) is 5.10 Å². The molecular weight excluding hydrogens is 202 g/mol. The molecule has 3 N–H and O–H groups in total. The predicted octanol–water partition coefficient (Wildman–Crippen LogP) is -0.00808. The van der Waals surface area contributed by atoms with Crippen LogP contribution < -0.4 is 11.2 Å². The smallest absolute Gasteiger partial charge is 0.329 e. The van der Waals surface area contributed by atoms with Gasteiger partial charge in [0.1, 0.15) is 0 Å². The molecule has 0 unspecified atom stereocenters. The van der Waals surface area contributed by atoms with Gasteiger partial charge in [0.05, 0.1) is 6.21 Å². The first kappa shape index (κ1) is 10.4. The maximum atomic E-state index is 10.6. The third-order valence-electron chi connectivity index (χ3n) is 1.34. The van der Waals surface area contributed by atoms with Gasteiger partial charge >= 0.3 is 11.8 Å². The number of nitrogens with two attached hydrogens (primary N) is 1. The van der Waals surface area contributed by atoms with Crippen LogP contribution in [0.15, 0.2) is 17.2 Å². The zero-order chi connectivity index (χ0) is 10.6. The molecule has 0 spiro atoms. The van der Waals surface area contributed by atoms with Crippen LogP contribution in [-0.4, -0.2) is 18.0 Å². The molecule has 1 aromatic heterocycles. The van der Waals surface area contributed by atoms with Crippen molar-refractivity contribution in [2.45, 2.75) is 6.92 Å². The Labute approximate surface area is 84.6 Å². The van der Waals surface area contributed by atoms with E-state index in [1.165, 1.54) is 17.6 Å². The molecule has 0 saturated carbocycles. The quantitative estimate of drug-likeness (QED) is 0.409. The van der Waals surface area contributed by atoms with Crippen molar-refractivity contribution in [2.75, 3.05) is 0 Å². The highest BCUT2D eigenvalue weighted by atomic mass is 32.1. The molecule has 0 saturated heterocycles. The molecule has 5 nitrogen and oxygen atoms in total. The lowest BCUT2D eigenvalue weighted by Gasteiger charge is -1.91. The molecule has 6 heteroatoms. The van der Waals surface area contributed by atoms with Crippen LogP contribution in [0.1, 0.15) is 9.75 Å². The third kappa shape index (κ3) is 2.98. The van der Waals surface area contributed by atoms with Gasteiger partial charge in [-0.05, 0) is 19.1 Å². The lowest BCUT2D eigenvalue weighted by atomic mass is 10.4. The van der Waals surface area contributed by atoms with E-state index in [9.17, 15) is 9.59 Å². The van der Waals surface area contributed by atoms with Gasteiger partial charge in [-0.3, -0.25) is 9.59 Å². The van der Waals surface area contributed by atoms with Crippen molar-refractivity contribution in [1.29, 1.82) is 0 Å². The van der Waals surface area contributed by atoms with E-state index in [-0.39, 0.29) is 0 Å². The average Bonchev–Trinajstić information content (AvgIpc) is 2.51. The zero-order valence-corrected chi connectivity index (χ0v) is 8.30. The van der Waals surface area contributed by atoms with Gasteiger partial charge in [0.15, 0.2) is 0 Å². The number of amides is 2. The van der Waals surface area contributed by atoms with Gasteiger partial charge in [-0.25, -0.2) is 5.43 Å². The van der Waals surface area contributed by atoms with Gasteiger partial charge in [-0.1, -0.05) is 0 Å². The summed E-state index contributed by atoms with van der Waals surface area (Å²) in [6, 6.07) is 3.79. The molecule has 1 aromatic rings. The van der Waals surface area contributed by atoms with Gasteiger partial charge in [-0.2, -0.15) is 5.10 Å². The minimum atomic E-state index is -1.05. The maximum absolute atomic E-state index is 10.6. The fraction of sp³-hybridized carbons (Fsp3) is 0.125. The number of primary amides is 1. The summed E-state index contributed by atoms with van der Waals surface area (Å²) >= 11 is 1.53. The molecule has 1 heterocycles. The van der Waals surface area contributed by atoms with Crippen LogP contribution in [0, 0.1) is 6.92 Å². The molecule has 0 fully saturated rings. The number of nitrogens with one attached hydrogen (secondary N) is 1. The first-order chi connectivity index (χ1) is 6.59. The molecule has 74 valence electrons. The van der Waals surface area contributed by atoms with Gasteiger partial charge < -0.3 is 5.73 Å². The van der Waals surface area contributed by atoms with Gasteiger partial charge in [0.2, 0.25) is 0 Å². The lowest BCUT2D eigenvalue weighted by Crippen LogP contribution is -2.32. The Morgan fingerprint density at radius 2 is 2.29 bits per heavy atom. The normalized spacial score (nSPS) is 10.4. The molecule has 1 rings (SSSR count). The number of carbonyl (C=O) groups is 2. The van der Waals surface area contributed by atoms with Crippen molar-refractivity contribution >= 4 is 29.4 Å². The minimum Gasteiger partial charge on any atom is -0.361 e. The van der Waals surface area contributed by atoms with E-state index in [0.717, 1.165) is 9.75 Å². The summed E-state index contributed by atoms with van der Waals surface area (Å²) in [4.78, 5) is 23.0. The summed E-state index contributed by atoms with van der Waals surface area (Å²) in [7, 11) is 0. The maximum Gasteiger partial charge on any atom is 0.329 e. The SMILES string of the molecule is Cc1ccc(C=NNC(=O)C(N)=O)s1. The average molecular weight is 211 g/mol. The molecule has 0 aliphatic carbocycles. The van der Waals surface area contributed by atoms with Gasteiger partial charge in [-0.15, -0.1) is 11.3 Å². The highest BCUT2D eigenvalue weighted by Crippen LogP contribution is 2.11. The fourth-order valence-electron chi connectivity index (χ4n) is 0.732. The standard InChI is InChI=1S/C8H9N3O2S/c1-5-2-3-6(14-5)4-10-11-8(13)7(9)12/h2-4H,1H3,(H2,9,12)(H,11,13). The molecule has 0 radical (unpaired) electrons. The molecular formula is C8H9N3O2S. The number of thiophene rings is 1. The number of hydrazone groups is 1. The molecule has 2 amide bonds. The third-order valence-corrected chi connectivity index (χ3v) is 2.28. The van der Waals surface area contributed by atoms with Crippen molar-refractivity contribution in [3.05, 3.63) is 21.9 Å². The molecule has 0 aromatic carbocycles. The largest absolute Gasteiger partial charge is 0.361 e. The summed E-state index contributed by atoms with van der Waals surface area (Å²) < 4.78 is 0. The Hall–Kier alpha value is -1.69. The first-order valence-electron chi connectivity index (χ1n) is 3.79. The Morgan fingerprint density at radius 3 is 2.79 bits per heavy atom. The number of hydrogen-bond acceptors (Lipinski definition) is 4. The molecule has 0 aliphatic heterocycles. The summed E-state index contributed by atoms with van der Waals surface area (Å²) in [5.41, 5.74) is 6.70. The lowest BCUT2D eigenvalue weighted by molar-refractivity contribution is -0.137. The van der Waals surface area contributed by atoms with Crippen LogP contribution in [-0.2, 0) is 9.59 Å². The summed E-state index contributed by atoms with van der Waals surface area (Å²) in [6.07, 6.45) is 1.46. The molecule has 0 aliphatic rings. The molecule has 0 atom stereocenters. The van der Waals surface area contributed by atoms with Crippen LogP contribution in [0.5, 0.6) is 0 Å². The number of nitrogens with zero attached hydrogens (tertiary/aromatic N) is 1. The van der Waals surface area contributed by atoms with Crippen LogP contribution in [0.25, 0.3) is 0 Å². The summed E-state index contributed by atoms with van der Waals surface area (Å²) in [6.45, 7) is 1.96. The number of aryl methyl sites for hydroxylation is 1. The second kappa shape index (κ2) is 4.52. The van der Waals surface area contributed by atoms with Crippen LogP contribution in [0.3, 0.4) is 0 Å². The minimum absolute atomic E-state index is 0.896. The Morgan fingerprint density at radius 1 is 1.57 bits per heavy atom. The number of rotatable bonds is 2. The van der Waals surface area contributed by atoms with E-state index in [1.807, 2.05) is 24.5 Å². The van der Waals surface area contributed by atoms with Gasteiger partial charge in [0.25, 0.3) is 0 Å². The van der Waals surface area contributed by atoms with Crippen molar-refractivity contribution in [3.8, 4) is 0 Å². The molecule has 14 heavy (non-hydrogen) atoms. The van der Waals surface area contributed by atoms with Crippen LogP contribution in [0.2, 0.25) is 0 Å². The fourth-order valence-corrected chi connectivity index (χ4v) is 1.48. The number of hydrogen-bond donors (Lipinski definition) is 2. The molecule has 0 bridgehead atoms. The van der Waals surface area contributed by atoms with Crippen molar-refractivity contribution in [1.82, 2.24) is 5.43 Å². The van der Waals surface area contributed by atoms with Crippen LogP contribution in [0.4, 0.5) is 0 Å². The van der Waals surface area contributed by atoms with E-state index in [4.69, 9.17) is 5.73 Å². The zero-order valence-electron chi connectivity index (χ0n) is 7.48. The Bertz CT molecular complexity index is 384. The van der Waals surface area contributed by atoms with E-state index >= 15 is 0 Å². The van der Waals surface area contributed by atoms with Crippen molar-refractivity contribution in [3.63, 3.8) is 0 Å². The Balaban J connectivity index is 2.49. The Kier molecular flexibility index (Phi) is 3.35. The van der Waals surface area contributed by atoms with E-state index in [0.29, 0.717) is 0 Å². The van der Waals surface area contributed by atoms with Gasteiger partial charge in [0, 0.05) is 9.75 Å². The van der Waals surface area contributed by atoms with Crippen molar-refractivity contribution < 1.29 is 9.59 Å². The van der Waals surface area contributed by atoms with E-state index < -0.39 is 11.8 Å². The number of carbonyl (C=O) groups excluding carboxylic acids is 2.